The molecule has 3 rings (SSSR count). The summed E-state index contributed by atoms with van der Waals surface area (Å²) in [6.45, 7) is 4.03. The molecule has 8 nitrogen and oxygen atoms in total. The molecule has 0 saturated heterocycles. The minimum atomic E-state index is 0.0807. The number of halogens is 2. The van der Waals surface area contributed by atoms with Crippen LogP contribution in [0, 0.1) is 0 Å². The number of ether oxygens (including phenoxy) is 2. The van der Waals surface area contributed by atoms with Crippen molar-refractivity contribution in [3.63, 3.8) is 0 Å². The average Bonchev–Trinajstić information content (AvgIpc) is 3.29. The van der Waals surface area contributed by atoms with Gasteiger partial charge in [0.1, 0.15) is 11.5 Å². The molecule has 0 unspecified atom stereocenters. The second-order valence-electron chi connectivity index (χ2n) is 5.21. The van der Waals surface area contributed by atoms with Crippen molar-refractivity contribution in [3.05, 3.63) is 45.6 Å². The Kier molecular flexibility index (Phi) is 5.95. The molecule has 2 aromatic heterocycles. The molecule has 0 N–H and O–H groups in total. The highest BCUT2D eigenvalue weighted by molar-refractivity contribution is 6.36. The van der Waals surface area contributed by atoms with Gasteiger partial charge in [0.05, 0.1) is 10.0 Å². The molecule has 0 aliphatic carbocycles. The van der Waals surface area contributed by atoms with Crippen molar-refractivity contribution >= 4 is 23.2 Å². The fourth-order valence-electron chi connectivity index (χ4n) is 2.00. The minimum absolute atomic E-state index is 0.0807. The number of hydrogen-bond donors (Lipinski definition) is 0. The Bertz CT molecular complexity index is 814. The zero-order valence-electron chi connectivity index (χ0n) is 14.2. The van der Waals surface area contributed by atoms with Gasteiger partial charge in [-0.1, -0.05) is 47.4 Å². The summed E-state index contributed by atoms with van der Waals surface area (Å²) in [5.41, 5.74) is 0. The van der Waals surface area contributed by atoms with Crippen molar-refractivity contribution in [2.24, 2.45) is 0 Å². The van der Waals surface area contributed by atoms with Crippen LogP contribution in [0.3, 0.4) is 0 Å². The van der Waals surface area contributed by atoms with E-state index in [-0.39, 0.29) is 13.2 Å². The van der Waals surface area contributed by atoms with Crippen LogP contribution in [-0.2, 0) is 26.1 Å². The molecule has 10 heteroatoms. The van der Waals surface area contributed by atoms with Gasteiger partial charge >= 0.3 is 0 Å². The van der Waals surface area contributed by atoms with Gasteiger partial charge < -0.3 is 18.5 Å². The van der Waals surface area contributed by atoms with Gasteiger partial charge in [-0.2, -0.15) is 9.97 Å². The van der Waals surface area contributed by atoms with Crippen LogP contribution in [0.15, 0.2) is 21.2 Å². The van der Waals surface area contributed by atoms with Crippen molar-refractivity contribution in [2.75, 3.05) is 0 Å². The molecule has 0 aliphatic rings. The minimum Gasteiger partial charge on any atom is -0.482 e. The van der Waals surface area contributed by atoms with E-state index in [0.29, 0.717) is 57.8 Å². The lowest BCUT2D eigenvalue weighted by Gasteiger charge is -2.10. The molecule has 0 atom stereocenters. The molecule has 2 heterocycles. The number of aromatic nitrogens is 4. The zero-order valence-corrected chi connectivity index (χ0v) is 15.7. The maximum atomic E-state index is 6.17. The molecule has 0 fully saturated rings. The highest BCUT2D eigenvalue weighted by atomic mass is 35.5. The van der Waals surface area contributed by atoms with Crippen molar-refractivity contribution in [3.8, 4) is 11.5 Å². The highest BCUT2D eigenvalue weighted by Crippen LogP contribution is 2.36. The molecular formula is C16H16Cl2N4O4. The van der Waals surface area contributed by atoms with E-state index in [2.05, 4.69) is 20.3 Å². The summed E-state index contributed by atoms with van der Waals surface area (Å²) in [6.07, 6.45) is 1.36. The summed E-state index contributed by atoms with van der Waals surface area (Å²) < 4.78 is 21.4. The van der Waals surface area contributed by atoms with E-state index < -0.39 is 0 Å². The van der Waals surface area contributed by atoms with Gasteiger partial charge in [-0.3, -0.25) is 0 Å². The van der Waals surface area contributed by atoms with Crippen molar-refractivity contribution < 1.29 is 18.5 Å². The molecule has 0 amide bonds. The van der Waals surface area contributed by atoms with Gasteiger partial charge in [-0.05, 0) is 6.07 Å². The van der Waals surface area contributed by atoms with Crippen LogP contribution < -0.4 is 9.47 Å². The summed E-state index contributed by atoms with van der Waals surface area (Å²) in [7, 11) is 0. The Morgan fingerprint density at radius 1 is 0.808 bits per heavy atom. The number of aryl methyl sites for hydroxylation is 2. The van der Waals surface area contributed by atoms with Gasteiger partial charge in [0.25, 0.3) is 11.8 Å². The Morgan fingerprint density at radius 2 is 1.27 bits per heavy atom. The maximum Gasteiger partial charge on any atom is 0.264 e. The topological polar surface area (TPSA) is 96.3 Å². The Morgan fingerprint density at radius 3 is 1.65 bits per heavy atom. The van der Waals surface area contributed by atoms with E-state index in [1.165, 1.54) is 6.07 Å². The van der Waals surface area contributed by atoms with E-state index in [1.54, 1.807) is 6.07 Å². The third-order valence-corrected chi connectivity index (χ3v) is 3.93. The van der Waals surface area contributed by atoms with Gasteiger partial charge in [0, 0.05) is 18.9 Å². The third-order valence-electron chi connectivity index (χ3n) is 3.34. The maximum absolute atomic E-state index is 6.17. The lowest BCUT2D eigenvalue weighted by atomic mass is 10.3. The quantitative estimate of drug-likeness (QED) is 0.560. The average molecular weight is 399 g/mol. The van der Waals surface area contributed by atoms with E-state index in [4.69, 9.17) is 41.7 Å². The molecule has 0 spiro atoms. The van der Waals surface area contributed by atoms with Crippen LogP contribution in [0.5, 0.6) is 11.5 Å². The first kappa shape index (κ1) is 18.5. The van der Waals surface area contributed by atoms with Gasteiger partial charge in [-0.25, -0.2) is 0 Å². The molecule has 0 bridgehead atoms. The SMILES string of the molecule is CCc1noc(COc2cc(OCc3nc(CC)no3)c(Cl)cc2Cl)n1. The summed E-state index contributed by atoms with van der Waals surface area (Å²) >= 11 is 12.3. The summed E-state index contributed by atoms with van der Waals surface area (Å²) in [6, 6.07) is 3.11. The monoisotopic (exact) mass is 398 g/mol. The first-order valence-electron chi connectivity index (χ1n) is 7.96. The lowest BCUT2D eigenvalue weighted by Crippen LogP contribution is -2.00. The first-order chi connectivity index (χ1) is 12.6. The number of benzene rings is 1. The molecule has 0 aliphatic heterocycles. The van der Waals surface area contributed by atoms with Crippen LogP contribution in [0.1, 0.15) is 37.3 Å². The molecule has 3 aromatic rings. The number of nitrogens with zero attached hydrogens (tertiary/aromatic N) is 4. The molecular weight excluding hydrogens is 383 g/mol. The molecule has 1 aromatic carbocycles. The summed E-state index contributed by atoms with van der Waals surface area (Å²) in [5, 5.41) is 8.28. The summed E-state index contributed by atoms with van der Waals surface area (Å²) in [5.74, 6) is 2.69. The van der Waals surface area contributed by atoms with Gasteiger partial charge in [0.15, 0.2) is 24.9 Å². The van der Waals surface area contributed by atoms with Crippen LogP contribution in [0.4, 0.5) is 0 Å². The zero-order chi connectivity index (χ0) is 18.5. The van der Waals surface area contributed by atoms with Crippen LogP contribution in [0.25, 0.3) is 0 Å². The van der Waals surface area contributed by atoms with Gasteiger partial charge in [-0.15, -0.1) is 0 Å². The fourth-order valence-corrected chi connectivity index (χ4v) is 2.49. The van der Waals surface area contributed by atoms with E-state index in [0.717, 1.165) is 0 Å². The largest absolute Gasteiger partial charge is 0.482 e. The van der Waals surface area contributed by atoms with E-state index in [1.807, 2.05) is 13.8 Å². The molecule has 138 valence electrons. The Labute approximate surface area is 159 Å². The highest BCUT2D eigenvalue weighted by Gasteiger charge is 2.13. The molecule has 26 heavy (non-hydrogen) atoms. The van der Waals surface area contributed by atoms with Crippen molar-refractivity contribution in [1.29, 1.82) is 0 Å². The lowest BCUT2D eigenvalue weighted by molar-refractivity contribution is 0.232. The third kappa shape index (κ3) is 4.44. The van der Waals surface area contributed by atoms with Crippen molar-refractivity contribution in [1.82, 2.24) is 20.3 Å². The molecule has 0 radical (unpaired) electrons. The predicted molar refractivity (Wildman–Crippen MR) is 92.5 cm³/mol. The Balaban J connectivity index is 1.67. The van der Waals surface area contributed by atoms with E-state index >= 15 is 0 Å². The standard InChI is InChI=1S/C16H16Cl2N4O4/c1-3-13-19-15(25-21-13)7-23-11-6-12(10(18)5-9(11)17)24-8-16-20-14(4-2)22-26-16/h5-6H,3-4,7-8H2,1-2H3. The number of rotatable bonds is 8. The van der Waals surface area contributed by atoms with E-state index in [9.17, 15) is 0 Å². The Hall–Kier alpha value is -2.32. The molecule has 0 saturated carbocycles. The van der Waals surface area contributed by atoms with Crippen LogP contribution in [-0.4, -0.2) is 20.3 Å². The predicted octanol–water partition coefficient (Wildman–Crippen LogP) is 4.04. The second-order valence-corrected chi connectivity index (χ2v) is 6.02. The van der Waals surface area contributed by atoms with Crippen LogP contribution in [0.2, 0.25) is 10.0 Å². The summed E-state index contributed by atoms with van der Waals surface area (Å²) in [4.78, 5) is 8.34. The number of hydrogen-bond acceptors (Lipinski definition) is 8. The first-order valence-corrected chi connectivity index (χ1v) is 8.72. The van der Waals surface area contributed by atoms with Crippen molar-refractivity contribution in [2.45, 2.75) is 39.9 Å². The van der Waals surface area contributed by atoms with Gasteiger partial charge in [0.2, 0.25) is 0 Å². The smallest absolute Gasteiger partial charge is 0.264 e. The normalized spacial score (nSPS) is 10.9. The second kappa shape index (κ2) is 8.37. The van der Waals surface area contributed by atoms with Crippen LogP contribution >= 0.6 is 23.2 Å². The fraction of sp³-hybridized carbons (Fsp3) is 0.375.